The molecule has 4 heteroatoms. The summed E-state index contributed by atoms with van der Waals surface area (Å²) in [4.78, 5) is 10.8. The quantitative estimate of drug-likeness (QED) is 0.649. The van der Waals surface area contributed by atoms with Crippen LogP contribution in [0.15, 0.2) is 30.3 Å². The maximum atomic E-state index is 10.9. The summed E-state index contributed by atoms with van der Waals surface area (Å²) in [6, 6.07) is 8.98. The Bertz CT molecular complexity index is 319. The minimum atomic E-state index is -1.46. The highest BCUT2D eigenvalue weighted by Crippen LogP contribution is 2.30. The Morgan fingerprint density at radius 1 is 1.25 bits per heavy atom. The molecule has 2 unspecified atom stereocenters. The Hall–Kier alpha value is -1.16. The van der Waals surface area contributed by atoms with Crippen LogP contribution in [0.1, 0.15) is 10.8 Å². The van der Waals surface area contributed by atoms with Crippen molar-refractivity contribution in [2.45, 2.75) is 5.25 Å². The van der Waals surface area contributed by atoms with Crippen LogP contribution < -0.4 is 0 Å². The second-order valence-electron chi connectivity index (χ2n) is 2.45. The zero-order valence-corrected chi connectivity index (χ0v) is 6.91. The molecule has 1 saturated heterocycles. The standard InChI is InChI=1S/C8H6O3S/c9-8-7(12(10)11-8)6-4-2-1-3-5-6/h1-5,7H. The van der Waals surface area contributed by atoms with Crippen LogP contribution in [-0.4, -0.2) is 10.2 Å². The summed E-state index contributed by atoms with van der Waals surface area (Å²) >= 11 is -1.46. The number of carbonyl (C=O) groups is 1. The Balaban J connectivity index is 2.32. The highest BCUT2D eigenvalue weighted by atomic mass is 32.2. The molecule has 3 nitrogen and oxygen atoms in total. The molecule has 1 aromatic carbocycles. The van der Waals surface area contributed by atoms with Crippen molar-refractivity contribution < 1.29 is 13.2 Å². The summed E-state index contributed by atoms with van der Waals surface area (Å²) in [6.45, 7) is 0. The van der Waals surface area contributed by atoms with Crippen LogP contribution in [0, 0.1) is 0 Å². The van der Waals surface area contributed by atoms with E-state index < -0.39 is 22.3 Å². The molecule has 1 aliphatic heterocycles. The van der Waals surface area contributed by atoms with E-state index in [0.29, 0.717) is 0 Å². The zero-order valence-electron chi connectivity index (χ0n) is 6.10. The lowest BCUT2D eigenvalue weighted by molar-refractivity contribution is -0.137. The Morgan fingerprint density at radius 3 is 2.42 bits per heavy atom. The molecule has 0 saturated carbocycles. The van der Waals surface area contributed by atoms with Crippen molar-refractivity contribution in [1.82, 2.24) is 0 Å². The molecule has 0 radical (unpaired) electrons. The number of benzene rings is 1. The van der Waals surface area contributed by atoms with Crippen molar-refractivity contribution >= 4 is 17.0 Å². The van der Waals surface area contributed by atoms with Crippen molar-refractivity contribution in [2.24, 2.45) is 0 Å². The van der Waals surface area contributed by atoms with E-state index in [1.807, 2.05) is 6.07 Å². The zero-order chi connectivity index (χ0) is 8.55. The van der Waals surface area contributed by atoms with Crippen LogP contribution in [0.5, 0.6) is 0 Å². The van der Waals surface area contributed by atoms with Gasteiger partial charge in [0, 0.05) is 0 Å². The van der Waals surface area contributed by atoms with Crippen LogP contribution >= 0.6 is 0 Å². The minimum Gasteiger partial charge on any atom is -0.362 e. The molecular weight excluding hydrogens is 176 g/mol. The predicted octanol–water partition coefficient (Wildman–Crippen LogP) is 0.948. The average molecular weight is 182 g/mol. The summed E-state index contributed by atoms with van der Waals surface area (Å²) in [5.74, 6) is -0.403. The highest BCUT2D eigenvalue weighted by molar-refractivity contribution is 7.83. The second-order valence-corrected chi connectivity index (χ2v) is 3.61. The van der Waals surface area contributed by atoms with E-state index in [1.165, 1.54) is 0 Å². The summed E-state index contributed by atoms with van der Waals surface area (Å²) in [6.07, 6.45) is 0. The first kappa shape index (κ1) is 7.49. The fourth-order valence-corrected chi connectivity index (χ4v) is 1.88. The van der Waals surface area contributed by atoms with E-state index >= 15 is 0 Å². The lowest BCUT2D eigenvalue weighted by atomic mass is 10.1. The van der Waals surface area contributed by atoms with E-state index in [9.17, 15) is 9.00 Å². The van der Waals surface area contributed by atoms with E-state index in [2.05, 4.69) is 4.18 Å². The van der Waals surface area contributed by atoms with Crippen molar-refractivity contribution in [1.29, 1.82) is 0 Å². The van der Waals surface area contributed by atoms with E-state index in [0.717, 1.165) is 5.56 Å². The van der Waals surface area contributed by atoms with E-state index in [1.54, 1.807) is 24.3 Å². The molecule has 1 aromatic rings. The molecule has 0 amide bonds. The normalized spacial score (nSPS) is 27.5. The van der Waals surface area contributed by atoms with Gasteiger partial charge in [0.2, 0.25) is 11.1 Å². The van der Waals surface area contributed by atoms with Gasteiger partial charge in [0.25, 0.3) is 0 Å². The van der Waals surface area contributed by atoms with Gasteiger partial charge in [-0.3, -0.25) is 0 Å². The highest BCUT2D eigenvalue weighted by Gasteiger charge is 2.41. The van der Waals surface area contributed by atoms with Gasteiger partial charge in [-0.15, -0.1) is 0 Å². The molecule has 1 fully saturated rings. The molecule has 62 valence electrons. The summed E-state index contributed by atoms with van der Waals surface area (Å²) in [7, 11) is 0. The van der Waals surface area contributed by atoms with Crippen LogP contribution in [0.3, 0.4) is 0 Å². The molecular formula is C8H6O3S. The Kier molecular flexibility index (Phi) is 1.69. The summed E-state index contributed by atoms with van der Waals surface area (Å²) in [5, 5.41) is -0.564. The molecule has 0 bridgehead atoms. The molecule has 12 heavy (non-hydrogen) atoms. The first-order chi connectivity index (χ1) is 5.79. The summed E-state index contributed by atoms with van der Waals surface area (Å²) in [5.41, 5.74) is 0.757. The topological polar surface area (TPSA) is 43.4 Å². The number of rotatable bonds is 1. The van der Waals surface area contributed by atoms with Gasteiger partial charge in [0.1, 0.15) is 0 Å². The van der Waals surface area contributed by atoms with Crippen molar-refractivity contribution in [2.75, 3.05) is 0 Å². The SMILES string of the molecule is O=C1OS(=O)C1c1ccccc1. The van der Waals surface area contributed by atoms with Gasteiger partial charge in [0.15, 0.2) is 5.25 Å². The second kappa shape index (κ2) is 2.71. The van der Waals surface area contributed by atoms with Gasteiger partial charge in [-0.05, 0) is 5.56 Å². The first-order valence-corrected chi connectivity index (χ1v) is 4.60. The van der Waals surface area contributed by atoms with Crippen molar-refractivity contribution in [3.8, 4) is 0 Å². The Labute approximate surface area is 72.0 Å². The van der Waals surface area contributed by atoms with Crippen LogP contribution in [-0.2, 0) is 20.1 Å². The largest absolute Gasteiger partial charge is 0.362 e. The molecule has 2 rings (SSSR count). The third-order valence-electron chi connectivity index (χ3n) is 1.67. The monoisotopic (exact) mass is 182 g/mol. The smallest absolute Gasteiger partial charge is 0.343 e. The molecule has 1 heterocycles. The van der Waals surface area contributed by atoms with Crippen LogP contribution in [0.4, 0.5) is 0 Å². The van der Waals surface area contributed by atoms with Crippen molar-refractivity contribution in [3.05, 3.63) is 35.9 Å². The van der Waals surface area contributed by atoms with E-state index in [-0.39, 0.29) is 0 Å². The average Bonchev–Trinajstić information content (AvgIpc) is 2.05. The van der Waals surface area contributed by atoms with Gasteiger partial charge in [-0.1, -0.05) is 30.3 Å². The molecule has 1 aliphatic rings. The van der Waals surface area contributed by atoms with Gasteiger partial charge < -0.3 is 4.18 Å². The fraction of sp³-hybridized carbons (Fsp3) is 0.125. The van der Waals surface area contributed by atoms with E-state index in [4.69, 9.17) is 0 Å². The van der Waals surface area contributed by atoms with Crippen molar-refractivity contribution in [3.63, 3.8) is 0 Å². The molecule has 0 aromatic heterocycles. The maximum Gasteiger partial charge on any atom is 0.343 e. The molecule has 2 atom stereocenters. The number of hydrogen-bond acceptors (Lipinski definition) is 3. The van der Waals surface area contributed by atoms with Gasteiger partial charge in [-0.25, -0.2) is 9.00 Å². The Morgan fingerprint density at radius 2 is 1.92 bits per heavy atom. The molecule has 0 spiro atoms. The van der Waals surface area contributed by atoms with Gasteiger partial charge >= 0.3 is 5.97 Å². The fourth-order valence-electron chi connectivity index (χ4n) is 1.08. The maximum absolute atomic E-state index is 10.9. The molecule has 0 N–H and O–H groups in total. The third kappa shape index (κ3) is 1.04. The first-order valence-electron chi connectivity index (χ1n) is 3.47. The summed E-state index contributed by atoms with van der Waals surface area (Å²) < 4.78 is 15.2. The number of hydrogen-bond donors (Lipinski definition) is 0. The van der Waals surface area contributed by atoms with Gasteiger partial charge in [0.05, 0.1) is 0 Å². The third-order valence-corrected chi connectivity index (χ3v) is 2.85. The molecule has 0 aliphatic carbocycles. The van der Waals surface area contributed by atoms with Crippen LogP contribution in [0.25, 0.3) is 0 Å². The number of carbonyl (C=O) groups excluding carboxylic acids is 1. The lowest BCUT2D eigenvalue weighted by Gasteiger charge is -2.21. The predicted molar refractivity (Wildman–Crippen MR) is 43.4 cm³/mol. The van der Waals surface area contributed by atoms with Crippen LogP contribution in [0.2, 0.25) is 0 Å². The lowest BCUT2D eigenvalue weighted by Crippen LogP contribution is -2.32. The van der Waals surface area contributed by atoms with Gasteiger partial charge in [-0.2, -0.15) is 0 Å². The minimum absolute atomic E-state index is 0.403.